The lowest BCUT2D eigenvalue weighted by molar-refractivity contribution is -0.314. The normalized spacial score (nSPS) is 16.5. The zero-order chi connectivity index (χ0) is 20.6. The van der Waals surface area contributed by atoms with E-state index in [4.69, 9.17) is 5.73 Å². The van der Waals surface area contributed by atoms with Crippen molar-refractivity contribution in [2.45, 2.75) is 23.7 Å². The second-order valence-corrected chi connectivity index (χ2v) is 8.47. The molecule has 2 aliphatic rings. The summed E-state index contributed by atoms with van der Waals surface area (Å²) in [4.78, 5) is 0.193. The van der Waals surface area contributed by atoms with Gasteiger partial charge in [-0.15, -0.1) is 0 Å². The standard InChI is InChI=1S/C21H21BF3N3S/c1-14-13-16(7-4-15-5-8-17(9-6-15)29-21(23,24)25)28-20(14)18(10-11-26)19-3-2-12-27(19)22-28/h2-9,12-13H,10-11,22,26H2,1H3/b7-4+. The van der Waals surface area contributed by atoms with E-state index in [-0.39, 0.29) is 16.7 Å². The summed E-state index contributed by atoms with van der Waals surface area (Å²) >= 11 is -0.0939. The number of halogens is 3. The first kappa shape index (κ1) is 19.9. The van der Waals surface area contributed by atoms with Gasteiger partial charge in [-0.05, 0) is 73.8 Å². The summed E-state index contributed by atoms with van der Waals surface area (Å²) < 4.78 is 42.2. The summed E-state index contributed by atoms with van der Waals surface area (Å²) in [5.74, 6) is 0. The van der Waals surface area contributed by atoms with Crippen LogP contribution in [0.2, 0.25) is 0 Å². The van der Waals surface area contributed by atoms with Crippen LogP contribution in [0.4, 0.5) is 13.2 Å². The summed E-state index contributed by atoms with van der Waals surface area (Å²) in [5, 5.41) is 0. The van der Waals surface area contributed by atoms with Crippen LogP contribution in [0.5, 0.6) is 0 Å². The monoisotopic (exact) mass is 415 g/mol. The summed E-state index contributed by atoms with van der Waals surface area (Å²) in [6.07, 6.45) is 9.10. The van der Waals surface area contributed by atoms with E-state index in [1.807, 2.05) is 12.2 Å². The van der Waals surface area contributed by atoms with Crippen molar-refractivity contribution in [2.24, 2.45) is 5.73 Å². The van der Waals surface area contributed by atoms with Gasteiger partial charge in [0.2, 0.25) is 0 Å². The van der Waals surface area contributed by atoms with Gasteiger partial charge in [0.15, 0.2) is 11.4 Å². The molecule has 0 spiro atoms. The first-order valence-electron chi connectivity index (χ1n) is 9.58. The first-order valence-corrected chi connectivity index (χ1v) is 10.4. The number of fused-ring (bicyclic) bond motifs is 2. The molecule has 0 atom stereocenters. The molecule has 4 rings (SSSR count). The number of alkyl halides is 3. The number of nitrogens with two attached hydrogens (primary N) is 1. The lowest BCUT2D eigenvalue weighted by Crippen LogP contribution is -2.31. The number of allylic oxidation sites excluding steroid dienone is 3. The Balaban J connectivity index is 1.63. The van der Waals surface area contributed by atoms with E-state index >= 15 is 0 Å². The number of rotatable bonds is 5. The maximum Gasteiger partial charge on any atom is 0.446 e. The number of thioether (sulfide) groups is 1. The fourth-order valence-corrected chi connectivity index (χ4v) is 4.77. The molecule has 0 aliphatic carbocycles. The van der Waals surface area contributed by atoms with Crippen LogP contribution in [0.25, 0.3) is 11.6 Å². The molecule has 1 aromatic carbocycles. The van der Waals surface area contributed by atoms with E-state index in [0.717, 1.165) is 17.7 Å². The maximum atomic E-state index is 12.5. The van der Waals surface area contributed by atoms with Crippen LogP contribution in [0.3, 0.4) is 0 Å². The van der Waals surface area contributed by atoms with E-state index in [1.165, 1.54) is 34.7 Å². The van der Waals surface area contributed by atoms with E-state index in [9.17, 15) is 13.2 Å². The lowest BCUT2D eigenvalue weighted by atomic mass is 9.93. The van der Waals surface area contributed by atoms with Gasteiger partial charge in [-0.3, -0.25) is 0 Å². The van der Waals surface area contributed by atoms with Gasteiger partial charge in [-0.25, -0.2) is 0 Å². The zero-order valence-electron chi connectivity index (χ0n) is 16.2. The molecule has 1 aromatic heterocycles. The zero-order valence-corrected chi connectivity index (χ0v) is 17.0. The van der Waals surface area contributed by atoms with E-state index in [2.05, 4.69) is 40.3 Å². The minimum absolute atomic E-state index is 0.0939. The van der Waals surface area contributed by atoms with Crippen LogP contribution >= 0.6 is 11.8 Å². The van der Waals surface area contributed by atoms with Crippen LogP contribution < -0.4 is 5.73 Å². The second kappa shape index (κ2) is 7.76. The van der Waals surface area contributed by atoms with Gasteiger partial charge >= 0.3 is 13.1 Å². The molecular weight excluding hydrogens is 394 g/mol. The number of hydrogen-bond donors (Lipinski definition) is 1. The van der Waals surface area contributed by atoms with Gasteiger partial charge in [0, 0.05) is 33.9 Å². The van der Waals surface area contributed by atoms with E-state index in [1.54, 1.807) is 12.1 Å². The summed E-state index contributed by atoms with van der Waals surface area (Å²) in [6.45, 7) is 2.71. The molecule has 3 heterocycles. The van der Waals surface area contributed by atoms with Crippen molar-refractivity contribution >= 4 is 36.7 Å². The fourth-order valence-electron chi connectivity index (χ4n) is 4.24. The third-order valence-corrected chi connectivity index (χ3v) is 6.11. The van der Waals surface area contributed by atoms with E-state index < -0.39 is 13.1 Å². The molecule has 8 heteroatoms. The molecule has 0 radical (unpaired) electrons. The highest BCUT2D eigenvalue weighted by Crippen LogP contribution is 2.37. The average molecular weight is 415 g/mol. The summed E-state index contributed by atoms with van der Waals surface area (Å²) in [7, 11) is -0.597. The summed E-state index contributed by atoms with van der Waals surface area (Å²) in [6, 6.07) is 10.7. The molecule has 0 amide bonds. The molecular formula is C21H21BF3N3S. The number of aromatic nitrogens is 1. The van der Waals surface area contributed by atoms with Crippen molar-refractivity contribution in [1.82, 2.24) is 4.48 Å². The molecule has 0 saturated heterocycles. The molecule has 0 fully saturated rings. The minimum atomic E-state index is -4.26. The Morgan fingerprint density at radius 1 is 1.17 bits per heavy atom. The molecule has 2 aromatic rings. The van der Waals surface area contributed by atoms with Crippen molar-refractivity contribution in [3.05, 3.63) is 77.3 Å². The second-order valence-electron chi connectivity index (χ2n) is 7.33. The van der Waals surface area contributed by atoms with Gasteiger partial charge < -0.3 is 14.7 Å². The predicted octanol–water partition coefficient (Wildman–Crippen LogP) is 4.15. The van der Waals surface area contributed by atoms with Crippen LogP contribution in [-0.4, -0.2) is 34.3 Å². The summed E-state index contributed by atoms with van der Waals surface area (Å²) in [5.41, 5.74) is 8.61. The lowest BCUT2D eigenvalue weighted by Gasteiger charge is -2.26. The molecule has 0 unspecified atom stereocenters. The predicted molar refractivity (Wildman–Crippen MR) is 115 cm³/mol. The van der Waals surface area contributed by atoms with Gasteiger partial charge in [-0.1, -0.05) is 12.1 Å². The Morgan fingerprint density at radius 3 is 2.62 bits per heavy atom. The largest absolute Gasteiger partial charge is 0.466 e. The van der Waals surface area contributed by atoms with Crippen molar-refractivity contribution in [1.29, 1.82) is 0 Å². The van der Waals surface area contributed by atoms with Crippen LogP contribution in [0.1, 0.15) is 24.6 Å². The molecule has 0 saturated carbocycles. The third-order valence-electron chi connectivity index (χ3n) is 5.37. The Bertz CT molecular complexity index is 1060. The topological polar surface area (TPSA) is 34.0 Å². The van der Waals surface area contributed by atoms with Gasteiger partial charge in [0.25, 0.3) is 0 Å². The molecule has 3 nitrogen and oxygen atoms in total. The molecule has 150 valence electrons. The van der Waals surface area contributed by atoms with Crippen LogP contribution in [0, 0.1) is 0 Å². The SMILES string of the molecule is CC1=CC(/C=C/c2ccc(SC(F)(F)F)cc2)=[N+]2[BH2-]n3cccc3C(CCN)=C12. The quantitative estimate of drug-likeness (QED) is 0.588. The first-order chi connectivity index (χ1) is 13.9. The number of hydrogen-bond acceptors (Lipinski definition) is 2. The highest BCUT2D eigenvalue weighted by molar-refractivity contribution is 8.00. The van der Waals surface area contributed by atoms with Crippen molar-refractivity contribution in [3.63, 3.8) is 0 Å². The number of benzene rings is 1. The van der Waals surface area contributed by atoms with Crippen molar-refractivity contribution in [2.75, 3.05) is 6.54 Å². The molecule has 0 bridgehead atoms. The Morgan fingerprint density at radius 2 is 1.93 bits per heavy atom. The minimum Gasteiger partial charge on any atom is -0.466 e. The maximum absolute atomic E-state index is 12.5. The van der Waals surface area contributed by atoms with Crippen LogP contribution in [0.15, 0.2) is 70.9 Å². The molecule has 2 N–H and O–H groups in total. The number of nitrogens with zero attached hydrogens (tertiary/aromatic N) is 2. The highest BCUT2D eigenvalue weighted by Gasteiger charge is 2.30. The molecule has 2 aliphatic heterocycles. The Hall–Kier alpha value is -2.45. The van der Waals surface area contributed by atoms with Gasteiger partial charge in [0.05, 0.1) is 0 Å². The fraction of sp³-hybridized carbons (Fsp3) is 0.190. The van der Waals surface area contributed by atoms with Crippen molar-refractivity contribution in [3.8, 4) is 0 Å². The van der Waals surface area contributed by atoms with Gasteiger partial charge in [-0.2, -0.15) is 13.2 Å². The van der Waals surface area contributed by atoms with Crippen molar-refractivity contribution < 1.29 is 17.7 Å². The Labute approximate surface area is 172 Å². The third kappa shape index (κ3) is 4.14. The highest BCUT2D eigenvalue weighted by atomic mass is 32.2. The van der Waals surface area contributed by atoms with Gasteiger partial charge in [0.1, 0.15) is 0 Å². The van der Waals surface area contributed by atoms with E-state index in [0.29, 0.717) is 6.54 Å². The van der Waals surface area contributed by atoms with Crippen LogP contribution in [-0.2, 0) is 0 Å². The Kier molecular flexibility index (Phi) is 5.31. The average Bonchev–Trinajstić information content (AvgIpc) is 3.25. The molecule has 29 heavy (non-hydrogen) atoms. The smallest absolute Gasteiger partial charge is 0.446 e.